The van der Waals surface area contributed by atoms with E-state index in [1.807, 2.05) is 0 Å². The predicted octanol–water partition coefficient (Wildman–Crippen LogP) is 3.55. The zero-order chi connectivity index (χ0) is 11.4. The number of hydrogen-bond donors (Lipinski definition) is 1. The highest BCUT2D eigenvalue weighted by Gasteiger charge is 2.14. The van der Waals surface area contributed by atoms with Gasteiger partial charge in [0, 0.05) is 4.47 Å². The fraction of sp³-hybridized carbons (Fsp3) is 0.571. The van der Waals surface area contributed by atoms with Crippen LogP contribution in [0.4, 0.5) is 0 Å². The van der Waals surface area contributed by atoms with Gasteiger partial charge >= 0.3 is 0 Å². The van der Waals surface area contributed by atoms with Crippen LogP contribution in [0.5, 0.6) is 0 Å². The lowest BCUT2D eigenvalue weighted by molar-refractivity contribution is 0.375. The molecule has 0 aromatic heterocycles. The third-order valence-corrected chi connectivity index (χ3v) is 3.95. The van der Waals surface area contributed by atoms with E-state index in [-0.39, 0.29) is 0 Å². The molecule has 16 heavy (non-hydrogen) atoms. The van der Waals surface area contributed by atoms with Crippen molar-refractivity contribution in [3.05, 3.63) is 33.8 Å². The van der Waals surface area contributed by atoms with Crippen LogP contribution in [-0.2, 0) is 12.8 Å². The molecule has 0 radical (unpaired) electrons. The highest BCUT2D eigenvalue weighted by Crippen LogP contribution is 2.23. The van der Waals surface area contributed by atoms with E-state index in [1.54, 1.807) is 0 Å². The minimum Gasteiger partial charge on any atom is -0.316 e. The molecule has 2 rings (SSSR count). The topological polar surface area (TPSA) is 12.0 Å². The summed E-state index contributed by atoms with van der Waals surface area (Å²) >= 11 is 3.57. The van der Waals surface area contributed by atoms with Crippen LogP contribution in [0.3, 0.4) is 0 Å². The molecule has 1 atom stereocenters. The molecule has 0 saturated carbocycles. The first-order valence-corrected chi connectivity index (χ1v) is 7.07. The number of hydrogen-bond acceptors (Lipinski definition) is 1. The second kappa shape index (κ2) is 5.83. The number of nitrogens with one attached hydrogen (secondary N) is 1. The standard InChI is InChI=1S/C14H20BrN/c1-2-12-5-6-14(15)9-13(12)8-11-4-3-7-16-10-11/h5-6,9,11,16H,2-4,7-8,10H2,1H3. The average molecular weight is 282 g/mol. The monoisotopic (exact) mass is 281 g/mol. The number of aryl methyl sites for hydroxylation is 1. The quantitative estimate of drug-likeness (QED) is 0.894. The molecule has 1 saturated heterocycles. The van der Waals surface area contributed by atoms with Gasteiger partial charge in [0.15, 0.2) is 0 Å². The van der Waals surface area contributed by atoms with E-state index in [9.17, 15) is 0 Å². The minimum absolute atomic E-state index is 0.827. The van der Waals surface area contributed by atoms with Crippen molar-refractivity contribution in [1.29, 1.82) is 0 Å². The van der Waals surface area contributed by atoms with Crippen LogP contribution >= 0.6 is 15.9 Å². The fourth-order valence-corrected chi connectivity index (χ4v) is 2.95. The predicted molar refractivity (Wildman–Crippen MR) is 72.8 cm³/mol. The molecule has 0 amide bonds. The SMILES string of the molecule is CCc1ccc(Br)cc1CC1CCCNC1. The Morgan fingerprint density at radius 1 is 1.38 bits per heavy atom. The molecule has 1 unspecified atom stereocenters. The summed E-state index contributed by atoms with van der Waals surface area (Å²) in [6.45, 7) is 4.64. The highest BCUT2D eigenvalue weighted by atomic mass is 79.9. The van der Waals surface area contributed by atoms with E-state index in [4.69, 9.17) is 0 Å². The van der Waals surface area contributed by atoms with Gasteiger partial charge in [-0.1, -0.05) is 28.9 Å². The van der Waals surface area contributed by atoms with Crippen molar-refractivity contribution in [3.8, 4) is 0 Å². The maximum Gasteiger partial charge on any atom is 0.0178 e. The van der Waals surface area contributed by atoms with Crippen molar-refractivity contribution in [2.45, 2.75) is 32.6 Å². The molecular weight excluding hydrogens is 262 g/mol. The molecule has 0 bridgehead atoms. The van der Waals surface area contributed by atoms with Crippen molar-refractivity contribution >= 4 is 15.9 Å². The summed E-state index contributed by atoms with van der Waals surface area (Å²) in [5.41, 5.74) is 3.04. The molecule has 1 nitrogen and oxygen atoms in total. The zero-order valence-electron chi connectivity index (χ0n) is 9.93. The van der Waals surface area contributed by atoms with Crippen molar-refractivity contribution in [2.24, 2.45) is 5.92 Å². The van der Waals surface area contributed by atoms with Crippen LogP contribution < -0.4 is 5.32 Å². The zero-order valence-corrected chi connectivity index (χ0v) is 11.5. The largest absolute Gasteiger partial charge is 0.316 e. The molecule has 0 aliphatic carbocycles. The first kappa shape index (κ1) is 12.1. The molecule has 1 aliphatic rings. The van der Waals surface area contributed by atoms with Gasteiger partial charge in [-0.15, -0.1) is 0 Å². The third kappa shape index (κ3) is 3.08. The summed E-state index contributed by atoms with van der Waals surface area (Å²) < 4.78 is 1.21. The number of rotatable bonds is 3. The summed E-state index contributed by atoms with van der Waals surface area (Å²) in [6, 6.07) is 6.71. The van der Waals surface area contributed by atoms with E-state index >= 15 is 0 Å². The number of halogens is 1. The maximum atomic E-state index is 3.57. The van der Waals surface area contributed by atoms with E-state index in [0.29, 0.717) is 0 Å². The Balaban J connectivity index is 2.09. The van der Waals surface area contributed by atoms with Crippen LogP contribution in [-0.4, -0.2) is 13.1 Å². The maximum absolute atomic E-state index is 3.57. The molecule has 2 heteroatoms. The molecule has 1 fully saturated rings. The molecule has 1 aromatic rings. The second-order valence-electron chi connectivity index (χ2n) is 4.68. The van der Waals surface area contributed by atoms with E-state index in [0.717, 1.165) is 12.3 Å². The van der Waals surface area contributed by atoms with E-state index in [2.05, 4.69) is 46.4 Å². The summed E-state index contributed by atoms with van der Waals surface area (Å²) in [5.74, 6) is 0.827. The molecule has 1 N–H and O–H groups in total. The van der Waals surface area contributed by atoms with Crippen LogP contribution in [0.2, 0.25) is 0 Å². The Labute approximate surface area is 107 Å². The lowest BCUT2D eigenvalue weighted by Gasteiger charge is -2.23. The van der Waals surface area contributed by atoms with Gasteiger partial charge in [0.1, 0.15) is 0 Å². The lowest BCUT2D eigenvalue weighted by Crippen LogP contribution is -2.31. The Kier molecular flexibility index (Phi) is 4.42. The normalized spacial score (nSPS) is 21.0. The van der Waals surface area contributed by atoms with Gasteiger partial charge in [-0.25, -0.2) is 0 Å². The second-order valence-corrected chi connectivity index (χ2v) is 5.60. The Hall–Kier alpha value is -0.340. The molecule has 88 valence electrons. The molecule has 0 spiro atoms. The van der Waals surface area contributed by atoms with Gasteiger partial charge in [-0.3, -0.25) is 0 Å². The Morgan fingerprint density at radius 2 is 2.25 bits per heavy atom. The summed E-state index contributed by atoms with van der Waals surface area (Å²) in [7, 11) is 0. The molecule has 1 aliphatic heterocycles. The first-order valence-electron chi connectivity index (χ1n) is 6.27. The van der Waals surface area contributed by atoms with Gasteiger partial charge in [0.2, 0.25) is 0 Å². The molecular formula is C14H20BrN. The first-order chi connectivity index (χ1) is 7.79. The van der Waals surface area contributed by atoms with Crippen molar-refractivity contribution in [3.63, 3.8) is 0 Å². The molecule has 1 heterocycles. The van der Waals surface area contributed by atoms with Crippen LogP contribution in [0, 0.1) is 5.92 Å². The van der Waals surface area contributed by atoms with Gasteiger partial charge in [0.05, 0.1) is 0 Å². The Bertz CT molecular complexity index is 343. The number of benzene rings is 1. The summed E-state index contributed by atoms with van der Waals surface area (Å²) in [6.07, 6.45) is 5.08. The Morgan fingerprint density at radius 3 is 2.94 bits per heavy atom. The third-order valence-electron chi connectivity index (χ3n) is 3.46. The highest BCUT2D eigenvalue weighted by molar-refractivity contribution is 9.10. The number of piperidine rings is 1. The summed E-state index contributed by atoms with van der Waals surface area (Å²) in [5, 5.41) is 3.50. The van der Waals surface area contributed by atoms with Gasteiger partial charge in [-0.05, 0) is 68.0 Å². The summed E-state index contributed by atoms with van der Waals surface area (Å²) in [4.78, 5) is 0. The minimum atomic E-state index is 0.827. The van der Waals surface area contributed by atoms with Crippen molar-refractivity contribution < 1.29 is 0 Å². The van der Waals surface area contributed by atoms with Crippen LogP contribution in [0.25, 0.3) is 0 Å². The van der Waals surface area contributed by atoms with Gasteiger partial charge < -0.3 is 5.32 Å². The van der Waals surface area contributed by atoms with Gasteiger partial charge in [0.25, 0.3) is 0 Å². The lowest BCUT2D eigenvalue weighted by atomic mass is 9.90. The average Bonchev–Trinajstić information content (AvgIpc) is 2.31. The van der Waals surface area contributed by atoms with Crippen LogP contribution in [0.15, 0.2) is 22.7 Å². The van der Waals surface area contributed by atoms with E-state index < -0.39 is 0 Å². The van der Waals surface area contributed by atoms with Crippen molar-refractivity contribution in [2.75, 3.05) is 13.1 Å². The molecule has 1 aromatic carbocycles. The fourth-order valence-electron chi connectivity index (χ4n) is 2.54. The van der Waals surface area contributed by atoms with Gasteiger partial charge in [-0.2, -0.15) is 0 Å². The van der Waals surface area contributed by atoms with Crippen molar-refractivity contribution in [1.82, 2.24) is 5.32 Å². The van der Waals surface area contributed by atoms with E-state index in [1.165, 1.54) is 48.0 Å². The van der Waals surface area contributed by atoms with Crippen LogP contribution in [0.1, 0.15) is 30.9 Å². The smallest absolute Gasteiger partial charge is 0.0178 e.